The van der Waals surface area contributed by atoms with Gasteiger partial charge in [0.15, 0.2) is 0 Å². The second-order valence-corrected chi connectivity index (χ2v) is 4.15. The molecular weight excluding hydrogens is 180 g/mol. The van der Waals surface area contributed by atoms with Crippen LogP contribution in [0, 0.1) is 0 Å². The Hall–Kier alpha value is -0.160. The van der Waals surface area contributed by atoms with Crippen LogP contribution >= 0.6 is 0 Å². The van der Waals surface area contributed by atoms with Gasteiger partial charge in [0.25, 0.3) is 0 Å². The number of hydrogen-bond acceptors (Lipinski definition) is 4. The van der Waals surface area contributed by atoms with Crippen molar-refractivity contribution >= 4 is 0 Å². The van der Waals surface area contributed by atoms with Crippen molar-refractivity contribution in [2.75, 3.05) is 39.6 Å². The van der Waals surface area contributed by atoms with Gasteiger partial charge < -0.3 is 14.8 Å². The van der Waals surface area contributed by atoms with Crippen LogP contribution in [0.4, 0.5) is 0 Å². The van der Waals surface area contributed by atoms with Crippen LogP contribution in [0.15, 0.2) is 0 Å². The Morgan fingerprint density at radius 3 is 3.14 bits per heavy atom. The standard InChI is InChI=1S/C10H20N2O2/c1-9-6-11-3-4-12(9)7-10-2-5-13-8-14-10/h9-11H,2-8H2,1H3/t9-,10?/m1/s1. The van der Waals surface area contributed by atoms with Crippen molar-refractivity contribution in [1.82, 2.24) is 10.2 Å². The van der Waals surface area contributed by atoms with Crippen LogP contribution in [0.5, 0.6) is 0 Å². The molecule has 2 saturated heterocycles. The molecule has 2 rings (SSSR count). The lowest BCUT2D eigenvalue weighted by atomic mass is 10.1. The van der Waals surface area contributed by atoms with E-state index in [-0.39, 0.29) is 0 Å². The van der Waals surface area contributed by atoms with Crippen molar-refractivity contribution in [1.29, 1.82) is 0 Å². The second-order valence-electron chi connectivity index (χ2n) is 4.15. The fourth-order valence-corrected chi connectivity index (χ4v) is 2.06. The van der Waals surface area contributed by atoms with E-state index in [1.165, 1.54) is 0 Å². The second kappa shape index (κ2) is 5.07. The molecule has 4 heteroatoms. The smallest absolute Gasteiger partial charge is 0.147 e. The van der Waals surface area contributed by atoms with Crippen molar-refractivity contribution in [3.8, 4) is 0 Å². The predicted molar refractivity (Wildman–Crippen MR) is 54.2 cm³/mol. The minimum absolute atomic E-state index is 0.379. The summed E-state index contributed by atoms with van der Waals surface area (Å²) in [5.74, 6) is 0. The van der Waals surface area contributed by atoms with Gasteiger partial charge in [0.1, 0.15) is 6.79 Å². The van der Waals surface area contributed by atoms with Crippen LogP contribution in [-0.2, 0) is 9.47 Å². The van der Waals surface area contributed by atoms with Gasteiger partial charge in [-0.1, -0.05) is 0 Å². The Kier molecular flexibility index (Phi) is 3.75. The van der Waals surface area contributed by atoms with Crippen LogP contribution in [0.25, 0.3) is 0 Å². The van der Waals surface area contributed by atoms with Crippen LogP contribution < -0.4 is 5.32 Å². The number of nitrogens with one attached hydrogen (secondary N) is 1. The largest absolute Gasteiger partial charge is 0.355 e. The van der Waals surface area contributed by atoms with Crippen LogP contribution in [0.1, 0.15) is 13.3 Å². The molecule has 0 spiro atoms. The maximum Gasteiger partial charge on any atom is 0.147 e. The fraction of sp³-hybridized carbons (Fsp3) is 1.00. The first-order valence-corrected chi connectivity index (χ1v) is 5.50. The highest BCUT2D eigenvalue weighted by molar-refractivity contribution is 4.78. The Morgan fingerprint density at radius 2 is 2.43 bits per heavy atom. The van der Waals surface area contributed by atoms with Crippen molar-refractivity contribution < 1.29 is 9.47 Å². The molecule has 14 heavy (non-hydrogen) atoms. The molecule has 0 bridgehead atoms. The zero-order valence-electron chi connectivity index (χ0n) is 8.87. The van der Waals surface area contributed by atoms with E-state index < -0.39 is 0 Å². The van der Waals surface area contributed by atoms with Gasteiger partial charge in [0.2, 0.25) is 0 Å². The lowest BCUT2D eigenvalue weighted by Gasteiger charge is -2.37. The summed E-state index contributed by atoms with van der Waals surface area (Å²) >= 11 is 0. The summed E-state index contributed by atoms with van der Waals surface area (Å²) in [6.07, 6.45) is 1.42. The molecule has 0 aromatic rings. The van der Waals surface area contributed by atoms with Crippen molar-refractivity contribution in [2.45, 2.75) is 25.5 Å². The van der Waals surface area contributed by atoms with Crippen LogP contribution in [0.2, 0.25) is 0 Å². The van der Waals surface area contributed by atoms with Crippen molar-refractivity contribution in [3.63, 3.8) is 0 Å². The van der Waals surface area contributed by atoms with E-state index in [1.807, 2.05) is 0 Å². The first-order valence-electron chi connectivity index (χ1n) is 5.50. The minimum Gasteiger partial charge on any atom is -0.355 e. The third-order valence-corrected chi connectivity index (χ3v) is 3.05. The van der Waals surface area contributed by atoms with E-state index >= 15 is 0 Å². The SMILES string of the molecule is C[C@@H]1CNCCN1CC1CCOCO1. The number of nitrogens with zero attached hydrogens (tertiary/aromatic N) is 1. The van der Waals surface area contributed by atoms with E-state index in [2.05, 4.69) is 17.1 Å². The number of piperazine rings is 1. The van der Waals surface area contributed by atoms with Crippen molar-refractivity contribution in [3.05, 3.63) is 0 Å². The molecule has 0 saturated carbocycles. The molecule has 2 atom stereocenters. The van der Waals surface area contributed by atoms with Crippen LogP contribution in [-0.4, -0.2) is 56.6 Å². The first kappa shape index (κ1) is 10.4. The van der Waals surface area contributed by atoms with Gasteiger partial charge >= 0.3 is 0 Å². The molecule has 0 radical (unpaired) electrons. The molecular formula is C10H20N2O2. The molecule has 1 unspecified atom stereocenters. The zero-order chi connectivity index (χ0) is 9.80. The Balaban J connectivity index is 1.76. The number of ether oxygens (including phenoxy) is 2. The first-order chi connectivity index (χ1) is 6.86. The molecule has 2 heterocycles. The minimum atomic E-state index is 0.379. The van der Waals surface area contributed by atoms with E-state index in [1.54, 1.807) is 0 Å². The predicted octanol–water partition coefficient (Wildman–Crippen LogP) is 0.0431. The summed E-state index contributed by atoms with van der Waals surface area (Å²) in [7, 11) is 0. The highest BCUT2D eigenvalue weighted by Gasteiger charge is 2.23. The van der Waals surface area contributed by atoms with E-state index in [4.69, 9.17) is 9.47 Å². The topological polar surface area (TPSA) is 33.7 Å². The molecule has 4 nitrogen and oxygen atoms in total. The summed E-state index contributed by atoms with van der Waals surface area (Å²) in [5.41, 5.74) is 0. The molecule has 1 N–H and O–H groups in total. The fourth-order valence-electron chi connectivity index (χ4n) is 2.06. The monoisotopic (exact) mass is 200 g/mol. The van der Waals surface area contributed by atoms with E-state index in [0.717, 1.165) is 39.2 Å². The van der Waals surface area contributed by atoms with Gasteiger partial charge in [-0.2, -0.15) is 0 Å². The maximum absolute atomic E-state index is 5.54. The third-order valence-electron chi connectivity index (χ3n) is 3.05. The lowest BCUT2D eigenvalue weighted by molar-refractivity contribution is -0.146. The summed E-state index contributed by atoms with van der Waals surface area (Å²) in [6.45, 7) is 8.01. The average Bonchev–Trinajstić information content (AvgIpc) is 2.23. The molecule has 82 valence electrons. The molecule has 0 aromatic carbocycles. The summed E-state index contributed by atoms with van der Waals surface area (Å²) in [4.78, 5) is 2.51. The molecule has 0 amide bonds. The summed E-state index contributed by atoms with van der Waals surface area (Å²) in [5, 5.41) is 3.39. The van der Waals surface area contributed by atoms with Gasteiger partial charge in [-0.15, -0.1) is 0 Å². The molecule has 0 aliphatic carbocycles. The number of hydrogen-bond donors (Lipinski definition) is 1. The normalized spacial score (nSPS) is 35.8. The Labute approximate surface area is 85.5 Å². The van der Waals surface area contributed by atoms with Crippen LogP contribution in [0.3, 0.4) is 0 Å². The molecule has 2 fully saturated rings. The maximum atomic E-state index is 5.54. The van der Waals surface area contributed by atoms with E-state index in [0.29, 0.717) is 18.9 Å². The molecule has 0 aromatic heterocycles. The zero-order valence-corrected chi connectivity index (χ0v) is 8.87. The summed E-state index contributed by atoms with van der Waals surface area (Å²) in [6, 6.07) is 0.634. The lowest BCUT2D eigenvalue weighted by Crippen LogP contribution is -2.52. The van der Waals surface area contributed by atoms with Gasteiger partial charge in [-0.25, -0.2) is 0 Å². The van der Waals surface area contributed by atoms with Crippen molar-refractivity contribution in [2.24, 2.45) is 0 Å². The summed E-state index contributed by atoms with van der Waals surface area (Å²) < 4.78 is 10.7. The van der Waals surface area contributed by atoms with Gasteiger partial charge in [-0.05, 0) is 13.3 Å². The Bertz CT molecular complexity index is 172. The highest BCUT2D eigenvalue weighted by atomic mass is 16.7. The highest BCUT2D eigenvalue weighted by Crippen LogP contribution is 2.11. The Morgan fingerprint density at radius 1 is 1.50 bits per heavy atom. The molecule has 2 aliphatic rings. The third kappa shape index (κ3) is 2.67. The van der Waals surface area contributed by atoms with Gasteiger partial charge in [0, 0.05) is 32.2 Å². The van der Waals surface area contributed by atoms with Gasteiger partial charge in [-0.3, -0.25) is 4.90 Å². The average molecular weight is 200 g/mol. The van der Waals surface area contributed by atoms with E-state index in [9.17, 15) is 0 Å². The number of rotatable bonds is 2. The van der Waals surface area contributed by atoms with Gasteiger partial charge in [0.05, 0.1) is 12.7 Å². The molecule has 2 aliphatic heterocycles. The quantitative estimate of drug-likeness (QED) is 0.682.